The molecule has 0 atom stereocenters. The molecule has 5 nitrogen and oxygen atoms in total. The fourth-order valence-electron chi connectivity index (χ4n) is 3.20. The molecule has 0 saturated heterocycles. The number of aromatic nitrogens is 2. The zero-order valence-electron chi connectivity index (χ0n) is 17.9. The summed E-state index contributed by atoms with van der Waals surface area (Å²) >= 11 is 1.40. The molecule has 0 bridgehead atoms. The van der Waals surface area contributed by atoms with Crippen LogP contribution >= 0.6 is 11.3 Å². The topological polar surface area (TPSA) is 56.1 Å². The first-order valence-electron chi connectivity index (χ1n) is 10.1. The number of benzene rings is 2. The van der Waals surface area contributed by atoms with Gasteiger partial charge in [-0.25, -0.2) is 0 Å². The second kappa shape index (κ2) is 9.18. The first-order valence-corrected chi connectivity index (χ1v) is 11.0. The van der Waals surface area contributed by atoms with Crippen LogP contribution in [0.4, 0.5) is 5.82 Å². The van der Waals surface area contributed by atoms with Crippen molar-refractivity contribution in [3.05, 3.63) is 98.9 Å². The van der Waals surface area contributed by atoms with E-state index < -0.39 is 0 Å². The molecule has 158 valence electrons. The normalized spacial score (nSPS) is 10.8. The highest BCUT2D eigenvalue weighted by atomic mass is 32.1. The molecule has 0 saturated carbocycles. The maximum absolute atomic E-state index is 12.6. The summed E-state index contributed by atoms with van der Waals surface area (Å²) in [5.41, 5.74) is 5.83. The smallest absolute Gasteiger partial charge is 0.266 e. The van der Waals surface area contributed by atoms with Crippen LogP contribution in [0.3, 0.4) is 0 Å². The fraction of sp³-hybridized carbons (Fsp3) is 0.200. The number of rotatable bonds is 7. The van der Waals surface area contributed by atoms with Crippen molar-refractivity contribution in [1.82, 2.24) is 9.78 Å². The summed E-state index contributed by atoms with van der Waals surface area (Å²) in [6.45, 7) is 7.32. The lowest BCUT2D eigenvalue weighted by molar-refractivity contribution is 0.103. The van der Waals surface area contributed by atoms with Gasteiger partial charge in [-0.05, 0) is 66.6 Å². The highest BCUT2D eigenvalue weighted by Crippen LogP contribution is 2.21. The minimum absolute atomic E-state index is 0.163. The third-order valence-corrected chi connectivity index (χ3v) is 6.22. The van der Waals surface area contributed by atoms with E-state index in [9.17, 15) is 4.79 Å². The molecule has 0 aliphatic heterocycles. The van der Waals surface area contributed by atoms with Gasteiger partial charge in [0.15, 0.2) is 5.82 Å². The van der Waals surface area contributed by atoms with Crippen LogP contribution in [0, 0.1) is 20.8 Å². The third-order valence-electron chi connectivity index (χ3n) is 5.24. The molecule has 0 aliphatic rings. The van der Waals surface area contributed by atoms with E-state index in [1.54, 1.807) is 0 Å². The van der Waals surface area contributed by atoms with E-state index in [0.29, 0.717) is 23.8 Å². The number of hydrogen-bond donors (Lipinski definition) is 1. The molecule has 6 heteroatoms. The van der Waals surface area contributed by atoms with E-state index in [4.69, 9.17) is 4.74 Å². The fourth-order valence-corrected chi connectivity index (χ4v) is 3.99. The zero-order chi connectivity index (χ0) is 21.8. The lowest BCUT2D eigenvalue weighted by atomic mass is 10.1. The number of ether oxygens (including phenoxy) is 1. The molecule has 4 rings (SSSR count). The monoisotopic (exact) mass is 431 g/mol. The molecule has 0 unspecified atom stereocenters. The number of aryl methyl sites for hydroxylation is 3. The highest BCUT2D eigenvalue weighted by Gasteiger charge is 2.12. The number of nitrogens with zero attached hydrogens (tertiary/aromatic N) is 2. The molecule has 4 aromatic rings. The number of thiophene rings is 1. The van der Waals surface area contributed by atoms with Crippen LogP contribution in [-0.4, -0.2) is 15.7 Å². The van der Waals surface area contributed by atoms with Crippen LogP contribution in [-0.2, 0) is 13.2 Å². The summed E-state index contributed by atoms with van der Waals surface area (Å²) in [6.07, 6.45) is 1.87. The Morgan fingerprint density at radius 2 is 1.87 bits per heavy atom. The van der Waals surface area contributed by atoms with Crippen molar-refractivity contribution in [3.63, 3.8) is 0 Å². The van der Waals surface area contributed by atoms with Crippen LogP contribution in [0.2, 0.25) is 0 Å². The van der Waals surface area contributed by atoms with Gasteiger partial charge in [0, 0.05) is 17.8 Å². The molecule has 0 aliphatic carbocycles. The van der Waals surface area contributed by atoms with Crippen molar-refractivity contribution in [3.8, 4) is 5.75 Å². The second-order valence-corrected chi connectivity index (χ2v) is 8.54. The Kier molecular flexibility index (Phi) is 6.18. The number of amides is 1. The maximum atomic E-state index is 12.6. The standard InChI is InChI=1S/C25H25N3O2S/c1-17-8-9-22(12-19(17)3)30-15-20-13-23(31-16-20)25(29)26-24-10-11-28(27-24)14-21-7-5-4-6-18(21)2/h4-13,16H,14-15H2,1-3H3,(H,26,27,29). The molecule has 1 N–H and O–H groups in total. The van der Waals surface area contributed by atoms with Crippen molar-refractivity contribution in [2.24, 2.45) is 0 Å². The summed E-state index contributed by atoms with van der Waals surface area (Å²) in [6, 6.07) is 17.9. The summed E-state index contributed by atoms with van der Waals surface area (Å²) < 4.78 is 7.70. The van der Waals surface area contributed by atoms with Crippen LogP contribution < -0.4 is 10.1 Å². The Hall–Kier alpha value is -3.38. The predicted molar refractivity (Wildman–Crippen MR) is 125 cm³/mol. The average Bonchev–Trinajstić information content (AvgIpc) is 3.40. The third kappa shape index (κ3) is 5.22. The molecule has 0 fully saturated rings. The zero-order valence-corrected chi connectivity index (χ0v) is 18.7. The Labute approximate surface area is 186 Å². The van der Waals surface area contributed by atoms with Gasteiger partial charge in [-0.3, -0.25) is 9.48 Å². The van der Waals surface area contributed by atoms with Crippen molar-refractivity contribution < 1.29 is 9.53 Å². The number of carbonyl (C=O) groups is 1. The number of carbonyl (C=O) groups excluding carboxylic acids is 1. The van der Waals surface area contributed by atoms with Crippen molar-refractivity contribution in [2.45, 2.75) is 33.9 Å². The van der Waals surface area contributed by atoms with Gasteiger partial charge < -0.3 is 10.1 Å². The van der Waals surface area contributed by atoms with Gasteiger partial charge in [0.2, 0.25) is 0 Å². The van der Waals surface area contributed by atoms with Crippen molar-refractivity contribution in [1.29, 1.82) is 0 Å². The van der Waals surface area contributed by atoms with Gasteiger partial charge in [0.25, 0.3) is 5.91 Å². The van der Waals surface area contributed by atoms with E-state index in [-0.39, 0.29) is 5.91 Å². The largest absolute Gasteiger partial charge is 0.489 e. The van der Waals surface area contributed by atoms with E-state index in [2.05, 4.69) is 49.4 Å². The lowest BCUT2D eigenvalue weighted by Gasteiger charge is -2.07. The quantitative estimate of drug-likeness (QED) is 0.405. The molecule has 0 spiro atoms. The van der Waals surface area contributed by atoms with Crippen LogP contribution in [0.5, 0.6) is 5.75 Å². The van der Waals surface area contributed by atoms with Gasteiger partial charge in [-0.1, -0.05) is 30.3 Å². The van der Waals surface area contributed by atoms with E-state index in [0.717, 1.165) is 11.3 Å². The number of nitrogens with one attached hydrogen (secondary N) is 1. The van der Waals surface area contributed by atoms with Gasteiger partial charge in [-0.2, -0.15) is 5.10 Å². The van der Waals surface area contributed by atoms with Crippen LogP contribution in [0.1, 0.15) is 37.5 Å². The minimum Gasteiger partial charge on any atom is -0.489 e. The summed E-state index contributed by atoms with van der Waals surface area (Å²) in [5.74, 6) is 1.21. The Morgan fingerprint density at radius 3 is 2.68 bits per heavy atom. The van der Waals surface area contributed by atoms with Crippen molar-refractivity contribution in [2.75, 3.05) is 5.32 Å². The highest BCUT2D eigenvalue weighted by molar-refractivity contribution is 7.12. The molecule has 2 aromatic heterocycles. The predicted octanol–water partition coefficient (Wildman–Crippen LogP) is 5.75. The minimum atomic E-state index is -0.163. The van der Waals surface area contributed by atoms with E-state index >= 15 is 0 Å². The molecule has 2 aromatic carbocycles. The van der Waals surface area contributed by atoms with Gasteiger partial charge in [0.1, 0.15) is 12.4 Å². The number of anilines is 1. The first kappa shape index (κ1) is 20.9. The Morgan fingerprint density at radius 1 is 1.03 bits per heavy atom. The second-order valence-electron chi connectivity index (χ2n) is 7.63. The summed E-state index contributed by atoms with van der Waals surface area (Å²) in [5, 5.41) is 9.30. The van der Waals surface area contributed by atoms with Gasteiger partial charge >= 0.3 is 0 Å². The molecular formula is C25H25N3O2S. The number of hydrogen-bond acceptors (Lipinski definition) is 4. The van der Waals surface area contributed by atoms with Gasteiger partial charge in [-0.15, -0.1) is 11.3 Å². The van der Waals surface area contributed by atoms with Gasteiger partial charge in [0.05, 0.1) is 11.4 Å². The molecule has 31 heavy (non-hydrogen) atoms. The van der Waals surface area contributed by atoms with Crippen LogP contribution in [0.25, 0.3) is 0 Å². The van der Waals surface area contributed by atoms with Crippen LogP contribution in [0.15, 0.2) is 66.2 Å². The average molecular weight is 432 g/mol. The first-order chi connectivity index (χ1) is 15.0. The molecular weight excluding hydrogens is 406 g/mol. The summed E-state index contributed by atoms with van der Waals surface area (Å²) in [4.78, 5) is 13.2. The molecule has 1 amide bonds. The maximum Gasteiger partial charge on any atom is 0.266 e. The summed E-state index contributed by atoms with van der Waals surface area (Å²) in [7, 11) is 0. The molecule has 0 radical (unpaired) electrons. The van der Waals surface area contributed by atoms with Crippen molar-refractivity contribution >= 4 is 23.1 Å². The van der Waals surface area contributed by atoms with E-state index in [1.807, 2.05) is 52.7 Å². The molecule has 2 heterocycles. The SMILES string of the molecule is Cc1ccc(OCc2csc(C(=O)Nc3ccn(Cc4ccccc4C)n3)c2)cc1C. The van der Waals surface area contributed by atoms with E-state index in [1.165, 1.54) is 33.6 Å². The lowest BCUT2D eigenvalue weighted by Crippen LogP contribution is -2.11. The Balaban J connectivity index is 1.34. The Bertz CT molecular complexity index is 1210.